The highest BCUT2D eigenvalue weighted by Gasteiger charge is 2.75. The fraction of sp³-hybridized carbons (Fsp3) is 0.864. The summed E-state index contributed by atoms with van der Waals surface area (Å²) >= 11 is 0. The van der Waals surface area contributed by atoms with E-state index in [0.717, 1.165) is 0 Å². The van der Waals surface area contributed by atoms with Crippen molar-refractivity contribution in [2.45, 2.75) is 92.3 Å². The van der Waals surface area contributed by atoms with Crippen molar-refractivity contribution in [3.8, 4) is 0 Å². The molecule has 3 aliphatic rings. The van der Waals surface area contributed by atoms with E-state index >= 15 is 0 Å². The molecule has 6 unspecified atom stereocenters. The maximum atomic E-state index is 13.1. The van der Waals surface area contributed by atoms with Gasteiger partial charge in [-0.2, -0.15) is 0 Å². The summed E-state index contributed by atoms with van der Waals surface area (Å²) in [4.78, 5) is 38.5. The normalized spacial score (nSPS) is 33.9. The van der Waals surface area contributed by atoms with Crippen LogP contribution in [-0.2, 0) is 33.3 Å². The topological polar surface area (TPSA) is 88.1 Å². The number of fused-ring (bicyclic) bond motifs is 1. The van der Waals surface area contributed by atoms with E-state index in [-0.39, 0.29) is 29.8 Å². The molecular formula is C22H34O7. The highest BCUT2D eigenvalue weighted by Crippen LogP contribution is 2.63. The third-order valence-corrected chi connectivity index (χ3v) is 6.78. The molecule has 0 amide bonds. The fourth-order valence-electron chi connectivity index (χ4n) is 4.66. The maximum Gasteiger partial charge on any atom is 0.326 e. The van der Waals surface area contributed by atoms with E-state index in [1.165, 1.54) is 0 Å². The number of carbonyl (C=O) groups is 3. The van der Waals surface area contributed by atoms with Crippen LogP contribution < -0.4 is 0 Å². The van der Waals surface area contributed by atoms with Gasteiger partial charge in [0.15, 0.2) is 5.41 Å². The molecule has 6 atom stereocenters. The van der Waals surface area contributed by atoms with Crippen molar-refractivity contribution >= 4 is 17.9 Å². The Labute approximate surface area is 172 Å². The van der Waals surface area contributed by atoms with E-state index < -0.39 is 41.3 Å². The lowest BCUT2D eigenvalue weighted by molar-refractivity contribution is -0.209. The molecule has 1 heterocycles. The quantitative estimate of drug-likeness (QED) is 0.263. The van der Waals surface area contributed by atoms with Crippen LogP contribution in [-0.4, -0.2) is 42.5 Å². The van der Waals surface area contributed by atoms with Gasteiger partial charge in [-0.3, -0.25) is 14.4 Å². The molecule has 29 heavy (non-hydrogen) atoms. The van der Waals surface area contributed by atoms with Crippen LogP contribution in [0.1, 0.15) is 67.7 Å². The van der Waals surface area contributed by atoms with Crippen LogP contribution in [0.15, 0.2) is 0 Å². The number of rotatable bonds is 8. The van der Waals surface area contributed by atoms with Gasteiger partial charge in [-0.1, -0.05) is 20.8 Å². The highest BCUT2D eigenvalue weighted by atomic mass is 16.7. The molecule has 2 bridgehead atoms. The average molecular weight is 411 g/mol. The summed E-state index contributed by atoms with van der Waals surface area (Å²) in [5.74, 6) is -1.87. The van der Waals surface area contributed by atoms with Crippen LogP contribution in [0.5, 0.6) is 0 Å². The number of esters is 3. The minimum Gasteiger partial charge on any atom is -0.458 e. The standard InChI is InChI=1S/C22H34O7/c1-8-21(6,7)18(23)27-15-13-9-14-16(15)28-19(24)22(14,10-13)20(25)29-17(11(2)3)26-12(4)5/h11-17H,8-10H2,1-7H3. The summed E-state index contributed by atoms with van der Waals surface area (Å²) in [5, 5.41) is 0. The molecule has 164 valence electrons. The van der Waals surface area contributed by atoms with Gasteiger partial charge in [0.2, 0.25) is 6.29 Å². The SMILES string of the molecule is CCC(C)(C)C(=O)OC1C2CC3C1OC(=O)C3(C(=O)OC(OC(C)C)C(C)C)C2. The van der Waals surface area contributed by atoms with Gasteiger partial charge in [0.25, 0.3) is 0 Å². The molecule has 2 saturated carbocycles. The Balaban J connectivity index is 1.75. The lowest BCUT2D eigenvalue weighted by Crippen LogP contribution is -2.47. The molecule has 0 N–H and O–H groups in total. The van der Waals surface area contributed by atoms with Crippen molar-refractivity contribution in [2.75, 3.05) is 0 Å². The summed E-state index contributed by atoms with van der Waals surface area (Å²) in [6.45, 7) is 13.2. The monoisotopic (exact) mass is 410 g/mol. The van der Waals surface area contributed by atoms with Crippen LogP contribution in [0, 0.1) is 28.6 Å². The lowest BCUT2D eigenvalue weighted by Gasteiger charge is -2.33. The molecule has 3 fully saturated rings. The largest absolute Gasteiger partial charge is 0.458 e. The van der Waals surface area contributed by atoms with E-state index in [1.54, 1.807) is 0 Å². The molecule has 2 aliphatic carbocycles. The van der Waals surface area contributed by atoms with Crippen molar-refractivity contribution in [1.82, 2.24) is 0 Å². The predicted molar refractivity (Wildman–Crippen MR) is 103 cm³/mol. The Hall–Kier alpha value is -1.63. The zero-order valence-corrected chi connectivity index (χ0v) is 18.5. The first-order chi connectivity index (χ1) is 13.4. The molecule has 1 aliphatic heterocycles. The zero-order valence-electron chi connectivity index (χ0n) is 18.5. The van der Waals surface area contributed by atoms with E-state index in [2.05, 4.69) is 0 Å². The van der Waals surface area contributed by atoms with Crippen molar-refractivity contribution < 1.29 is 33.3 Å². The minimum absolute atomic E-state index is 0.0467. The second-order valence-corrected chi connectivity index (χ2v) is 9.96. The molecule has 7 heteroatoms. The third-order valence-electron chi connectivity index (χ3n) is 6.78. The van der Waals surface area contributed by atoms with E-state index in [0.29, 0.717) is 19.3 Å². The Kier molecular flexibility index (Phi) is 5.75. The second-order valence-electron chi connectivity index (χ2n) is 9.96. The molecule has 0 spiro atoms. The molecule has 0 aromatic carbocycles. The Morgan fingerprint density at radius 2 is 1.90 bits per heavy atom. The number of hydrogen-bond donors (Lipinski definition) is 0. The summed E-state index contributed by atoms with van der Waals surface area (Å²) in [5.41, 5.74) is -1.90. The van der Waals surface area contributed by atoms with Crippen LogP contribution in [0.3, 0.4) is 0 Å². The van der Waals surface area contributed by atoms with Gasteiger partial charge in [0.1, 0.15) is 12.2 Å². The fourth-order valence-corrected chi connectivity index (χ4v) is 4.66. The van der Waals surface area contributed by atoms with Crippen molar-refractivity contribution in [2.24, 2.45) is 28.6 Å². The van der Waals surface area contributed by atoms with Gasteiger partial charge in [0.05, 0.1) is 11.5 Å². The summed E-state index contributed by atoms with van der Waals surface area (Å²) < 4.78 is 22.8. The van der Waals surface area contributed by atoms with Crippen LogP contribution in [0.2, 0.25) is 0 Å². The molecule has 3 rings (SSSR count). The summed E-state index contributed by atoms with van der Waals surface area (Å²) in [6, 6.07) is 0. The van der Waals surface area contributed by atoms with Crippen molar-refractivity contribution in [1.29, 1.82) is 0 Å². The average Bonchev–Trinajstić information content (AvgIpc) is 3.23. The molecule has 0 radical (unpaired) electrons. The highest BCUT2D eigenvalue weighted by molar-refractivity contribution is 6.03. The summed E-state index contributed by atoms with van der Waals surface area (Å²) in [6.07, 6.45) is -0.327. The van der Waals surface area contributed by atoms with Gasteiger partial charge in [-0.15, -0.1) is 0 Å². The van der Waals surface area contributed by atoms with Crippen LogP contribution >= 0.6 is 0 Å². The van der Waals surface area contributed by atoms with E-state index in [1.807, 2.05) is 48.5 Å². The van der Waals surface area contributed by atoms with Crippen molar-refractivity contribution in [3.05, 3.63) is 0 Å². The third kappa shape index (κ3) is 3.56. The van der Waals surface area contributed by atoms with E-state index in [4.69, 9.17) is 18.9 Å². The Bertz CT molecular complexity index is 683. The zero-order chi connectivity index (χ0) is 21.7. The first kappa shape index (κ1) is 22.1. The first-order valence-corrected chi connectivity index (χ1v) is 10.7. The van der Waals surface area contributed by atoms with Gasteiger partial charge < -0.3 is 18.9 Å². The molecule has 1 saturated heterocycles. The smallest absolute Gasteiger partial charge is 0.326 e. The van der Waals surface area contributed by atoms with Gasteiger partial charge >= 0.3 is 17.9 Å². The number of carbonyl (C=O) groups excluding carboxylic acids is 3. The van der Waals surface area contributed by atoms with Crippen molar-refractivity contribution in [3.63, 3.8) is 0 Å². The van der Waals surface area contributed by atoms with Gasteiger partial charge in [-0.25, -0.2) is 0 Å². The predicted octanol–water partition coefficient (Wildman–Crippen LogP) is 3.24. The Morgan fingerprint density at radius 1 is 1.24 bits per heavy atom. The number of hydrogen-bond acceptors (Lipinski definition) is 7. The molecule has 0 aromatic rings. The van der Waals surface area contributed by atoms with Gasteiger partial charge in [-0.05, 0) is 47.0 Å². The second kappa shape index (κ2) is 7.56. The Morgan fingerprint density at radius 3 is 2.45 bits per heavy atom. The minimum atomic E-state index is -1.30. The lowest BCUT2D eigenvalue weighted by atomic mass is 9.73. The van der Waals surface area contributed by atoms with Gasteiger partial charge in [0, 0.05) is 17.8 Å². The maximum absolute atomic E-state index is 13.1. The molecule has 0 aromatic heterocycles. The first-order valence-electron chi connectivity index (χ1n) is 10.7. The van der Waals surface area contributed by atoms with Crippen LogP contribution in [0.25, 0.3) is 0 Å². The van der Waals surface area contributed by atoms with E-state index in [9.17, 15) is 14.4 Å². The van der Waals surface area contributed by atoms with Crippen LogP contribution in [0.4, 0.5) is 0 Å². The molecule has 7 nitrogen and oxygen atoms in total. The molecular weight excluding hydrogens is 376 g/mol. The summed E-state index contributed by atoms with van der Waals surface area (Å²) in [7, 11) is 0. The number of ether oxygens (including phenoxy) is 4.